The number of aliphatic hydroxyl groups is 1. The van der Waals surface area contributed by atoms with E-state index in [1.807, 2.05) is 0 Å². The smallest absolute Gasteiger partial charge is 0.324 e. The highest BCUT2D eigenvalue weighted by Crippen LogP contribution is 2.38. The minimum atomic E-state index is -1.21. The number of benzene rings is 1. The van der Waals surface area contributed by atoms with Crippen LogP contribution < -0.4 is 0 Å². The van der Waals surface area contributed by atoms with E-state index in [1.54, 1.807) is 0 Å². The number of aromatic hydroxyl groups is 1. The van der Waals surface area contributed by atoms with Gasteiger partial charge in [0.15, 0.2) is 0 Å². The number of hydrogen-bond donors (Lipinski definition) is 2. The molecule has 1 aliphatic carbocycles. The fourth-order valence-electron chi connectivity index (χ4n) is 2.40. The molecule has 0 aliphatic heterocycles. The Balaban J connectivity index is 0.000000289. The van der Waals surface area contributed by atoms with Crippen LogP contribution in [0.5, 0.6) is 5.75 Å². The Morgan fingerprint density at radius 2 is 1.44 bits per heavy atom. The molecule has 0 atom stereocenters. The van der Waals surface area contributed by atoms with Crippen LogP contribution in [0.3, 0.4) is 0 Å². The van der Waals surface area contributed by atoms with Gasteiger partial charge in [0.05, 0.1) is 26.9 Å². The summed E-state index contributed by atoms with van der Waals surface area (Å²) in [4.78, 5) is 32.2. The molecule has 1 aromatic carbocycles. The lowest BCUT2D eigenvalue weighted by molar-refractivity contribution is -0.404. The lowest BCUT2D eigenvalue weighted by Crippen LogP contribution is -2.05. The van der Waals surface area contributed by atoms with Crippen molar-refractivity contribution in [2.24, 2.45) is 4.99 Å². The van der Waals surface area contributed by atoms with Crippen molar-refractivity contribution in [3.8, 4) is 5.75 Å². The molecule has 148 valence electrons. The third-order valence-electron chi connectivity index (χ3n) is 3.74. The summed E-state index contributed by atoms with van der Waals surface area (Å²) in [5, 5.41) is 48.7. The van der Waals surface area contributed by atoms with Gasteiger partial charge in [-0.05, 0) is 32.1 Å². The zero-order valence-corrected chi connectivity index (χ0v) is 14.4. The van der Waals surface area contributed by atoms with Crippen molar-refractivity contribution >= 4 is 22.8 Å². The molecule has 1 saturated carbocycles. The number of non-ortho nitro benzene ring substituents is 1. The van der Waals surface area contributed by atoms with Gasteiger partial charge in [0.25, 0.3) is 11.4 Å². The molecule has 1 fully saturated rings. The van der Waals surface area contributed by atoms with Crippen LogP contribution in [0.2, 0.25) is 0 Å². The first-order valence-corrected chi connectivity index (χ1v) is 8.21. The lowest BCUT2D eigenvalue weighted by Gasteiger charge is -2.11. The van der Waals surface area contributed by atoms with E-state index < -0.39 is 37.6 Å². The molecule has 12 nitrogen and oxygen atoms in total. The molecule has 2 rings (SSSR count). The number of nitro benzene ring substituents is 3. The molecule has 0 unspecified atom stereocenters. The van der Waals surface area contributed by atoms with E-state index in [0.717, 1.165) is 13.0 Å². The molecular formula is C15H20N4O8. The second-order valence-corrected chi connectivity index (χ2v) is 5.69. The highest BCUT2D eigenvalue weighted by molar-refractivity contribution is 5.84. The van der Waals surface area contributed by atoms with Crippen molar-refractivity contribution in [2.45, 2.75) is 38.5 Å². The summed E-state index contributed by atoms with van der Waals surface area (Å²) in [6.07, 6.45) is 7.23. The van der Waals surface area contributed by atoms with Crippen molar-refractivity contribution in [1.82, 2.24) is 0 Å². The van der Waals surface area contributed by atoms with Crippen molar-refractivity contribution in [3.05, 3.63) is 42.5 Å². The van der Waals surface area contributed by atoms with Crippen LogP contribution in [0.25, 0.3) is 0 Å². The van der Waals surface area contributed by atoms with Crippen LogP contribution in [0.1, 0.15) is 38.5 Å². The number of nitrogens with zero attached hydrogens (tertiary/aromatic N) is 4. The van der Waals surface area contributed by atoms with Gasteiger partial charge < -0.3 is 10.2 Å². The van der Waals surface area contributed by atoms with Crippen LogP contribution in [0.15, 0.2) is 17.1 Å². The molecule has 1 aliphatic rings. The van der Waals surface area contributed by atoms with E-state index in [2.05, 4.69) is 4.99 Å². The average molecular weight is 384 g/mol. The summed E-state index contributed by atoms with van der Waals surface area (Å²) in [5.74, 6) is -1.21. The van der Waals surface area contributed by atoms with E-state index in [1.165, 1.54) is 37.8 Å². The van der Waals surface area contributed by atoms with E-state index in [9.17, 15) is 30.3 Å². The minimum Gasteiger partial charge on any atom is -0.497 e. The monoisotopic (exact) mass is 384 g/mol. The van der Waals surface area contributed by atoms with Crippen molar-refractivity contribution in [1.29, 1.82) is 0 Å². The first-order chi connectivity index (χ1) is 12.8. The van der Waals surface area contributed by atoms with Gasteiger partial charge in [-0.2, -0.15) is 0 Å². The van der Waals surface area contributed by atoms with Crippen LogP contribution in [0.4, 0.5) is 17.1 Å². The second-order valence-electron chi connectivity index (χ2n) is 5.69. The van der Waals surface area contributed by atoms with Gasteiger partial charge in [-0.15, -0.1) is 0 Å². The SMILES string of the molecule is O=[N+]([O-])c1cc([N+](=O)[O-])c(O)c([N+](=O)[O-])c1.OCCCN=C1CCCCC1. The minimum absolute atomic E-state index is 0.275. The summed E-state index contributed by atoms with van der Waals surface area (Å²) in [6.45, 7) is 1.10. The Morgan fingerprint density at radius 1 is 0.926 bits per heavy atom. The molecule has 0 aromatic heterocycles. The molecule has 0 radical (unpaired) electrons. The highest BCUT2D eigenvalue weighted by Gasteiger charge is 2.30. The quantitative estimate of drug-likeness (QED) is 0.426. The molecule has 27 heavy (non-hydrogen) atoms. The summed E-state index contributed by atoms with van der Waals surface area (Å²) < 4.78 is 0. The zero-order chi connectivity index (χ0) is 20.4. The molecule has 0 heterocycles. The highest BCUT2D eigenvalue weighted by atomic mass is 16.6. The van der Waals surface area contributed by atoms with E-state index in [-0.39, 0.29) is 6.61 Å². The molecule has 0 bridgehead atoms. The summed E-state index contributed by atoms with van der Waals surface area (Å²) in [5.41, 5.74) is -1.62. The summed E-state index contributed by atoms with van der Waals surface area (Å²) in [6, 6.07) is 0.894. The van der Waals surface area contributed by atoms with Gasteiger partial charge in [0, 0.05) is 18.9 Å². The van der Waals surface area contributed by atoms with Crippen LogP contribution in [-0.4, -0.2) is 43.8 Å². The fourth-order valence-corrected chi connectivity index (χ4v) is 2.40. The standard InChI is InChI=1S/C9H17NO.C6H3N3O7/c11-8-4-7-10-9-5-2-1-3-6-9;10-6-4(8(13)14)1-3(7(11)12)2-5(6)9(15)16/h11H,1-8H2;1-2,10H. The average Bonchev–Trinajstić information content (AvgIpc) is 2.63. The number of nitro groups is 3. The number of rotatable bonds is 6. The molecule has 2 N–H and O–H groups in total. The predicted molar refractivity (Wildman–Crippen MR) is 95.2 cm³/mol. The molecule has 0 saturated heterocycles. The lowest BCUT2D eigenvalue weighted by atomic mass is 9.98. The topological polar surface area (TPSA) is 182 Å². The van der Waals surface area contributed by atoms with Crippen LogP contribution >= 0.6 is 0 Å². The van der Waals surface area contributed by atoms with Crippen LogP contribution in [-0.2, 0) is 0 Å². The van der Waals surface area contributed by atoms with Crippen LogP contribution in [0, 0.1) is 30.3 Å². The van der Waals surface area contributed by atoms with Crippen molar-refractivity contribution in [3.63, 3.8) is 0 Å². The van der Waals surface area contributed by atoms with Gasteiger partial charge in [0.2, 0.25) is 0 Å². The van der Waals surface area contributed by atoms with Crippen molar-refractivity contribution < 1.29 is 25.0 Å². The summed E-state index contributed by atoms with van der Waals surface area (Å²) in [7, 11) is 0. The molecule has 12 heteroatoms. The van der Waals surface area contributed by atoms with Gasteiger partial charge in [-0.25, -0.2) is 0 Å². The van der Waals surface area contributed by atoms with E-state index in [4.69, 9.17) is 10.2 Å². The molecular weight excluding hydrogens is 364 g/mol. The third-order valence-corrected chi connectivity index (χ3v) is 3.74. The first-order valence-electron chi connectivity index (χ1n) is 8.21. The van der Waals surface area contributed by atoms with Gasteiger partial charge >= 0.3 is 11.4 Å². The maximum Gasteiger partial charge on any atom is 0.324 e. The summed E-state index contributed by atoms with van der Waals surface area (Å²) >= 11 is 0. The zero-order valence-electron chi connectivity index (χ0n) is 14.4. The molecule has 0 spiro atoms. The maximum atomic E-state index is 10.4. The molecule has 1 aromatic rings. The third kappa shape index (κ3) is 6.93. The Kier molecular flexibility index (Phi) is 8.72. The maximum absolute atomic E-state index is 10.4. The normalized spacial score (nSPS) is 13.3. The predicted octanol–water partition coefficient (Wildman–Crippen LogP) is 2.89. The Bertz CT molecular complexity index is 692. The van der Waals surface area contributed by atoms with E-state index in [0.29, 0.717) is 12.1 Å². The number of aliphatic imine (C=N–C) groups is 1. The van der Waals surface area contributed by atoms with Gasteiger partial charge in [-0.3, -0.25) is 35.3 Å². The van der Waals surface area contributed by atoms with Gasteiger partial charge in [-0.1, -0.05) is 6.42 Å². The number of phenolic OH excluding ortho intramolecular Hbond substituents is 1. The largest absolute Gasteiger partial charge is 0.497 e. The van der Waals surface area contributed by atoms with Crippen molar-refractivity contribution in [2.75, 3.05) is 13.2 Å². The fraction of sp³-hybridized carbons (Fsp3) is 0.533. The second kappa shape index (κ2) is 10.8. The Morgan fingerprint density at radius 3 is 1.85 bits per heavy atom. The molecule has 0 amide bonds. The first kappa shape index (κ1) is 21.9. The number of phenols is 1. The Labute approximate surface area is 153 Å². The van der Waals surface area contributed by atoms with E-state index >= 15 is 0 Å². The number of aliphatic hydroxyl groups excluding tert-OH is 1. The Hall–Kier alpha value is -3.15. The number of hydrogen-bond acceptors (Lipinski definition) is 9. The van der Waals surface area contributed by atoms with Gasteiger partial charge in [0.1, 0.15) is 0 Å².